The van der Waals surface area contributed by atoms with Crippen molar-refractivity contribution in [3.63, 3.8) is 0 Å². The number of imidazole rings is 1. The number of hydrogen-bond acceptors (Lipinski definition) is 15. The van der Waals surface area contributed by atoms with Crippen molar-refractivity contribution in [1.82, 2.24) is 49.0 Å². The lowest BCUT2D eigenvalue weighted by Crippen LogP contribution is -2.57. The molecule has 6 aromatic rings. The zero-order valence-electron chi connectivity index (χ0n) is 47.8. The summed E-state index contributed by atoms with van der Waals surface area (Å²) >= 11 is 0. The van der Waals surface area contributed by atoms with Gasteiger partial charge in [-0.25, -0.2) is 23.2 Å². The van der Waals surface area contributed by atoms with Crippen LogP contribution in [0.25, 0.3) is 44.0 Å². The van der Waals surface area contributed by atoms with Crippen molar-refractivity contribution >= 4 is 62.5 Å². The highest BCUT2D eigenvalue weighted by molar-refractivity contribution is 6.02. The number of rotatable bonds is 12. The Hall–Kier alpha value is -7.90. The molecule has 7 saturated heterocycles. The fraction of sp³-hybridized carbons (Fsp3) is 0.516. The van der Waals surface area contributed by atoms with E-state index in [4.69, 9.17) is 35.3 Å². The van der Waals surface area contributed by atoms with Crippen molar-refractivity contribution in [2.45, 2.75) is 126 Å². The molecule has 7 aliphatic rings. The Balaban J connectivity index is 0.644. The van der Waals surface area contributed by atoms with Gasteiger partial charge in [-0.15, -0.1) is 6.42 Å². The third-order valence-electron chi connectivity index (χ3n) is 18.5. The highest BCUT2D eigenvalue weighted by Gasteiger charge is 2.51. The summed E-state index contributed by atoms with van der Waals surface area (Å²) in [5, 5.41) is 3.73. The molecule has 0 aliphatic carbocycles. The number of anilines is 1. The van der Waals surface area contributed by atoms with E-state index in [2.05, 4.69) is 30.9 Å². The SMILES string of the molecule is C#Cc1c(F)ccc2cccc(-c3ncc4c(N5CC6CCC(C5)N6C(=O)OC(C)(C)C)nc(OC[C@@]56CCCN5[C@H](COC(=O)N5CC(CN7CCC(Oc8cccc9c8n(C)c(=O)n9C8CCC(=O)NC8=O)CC7)C5)CC6)nc4c3F)c12. The molecular formula is C62H69F2N11O9. The smallest absolute Gasteiger partial charge is 0.410 e. The van der Waals surface area contributed by atoms with Crippen molar-refractivity contribution in [2.75, 3.05) is 70.5 Å². The number of aryl methyl sites for hydroxylation is 1. The van der Waals surface area contributed by atoms with Crippen LogP contribution in [0, 0.1) is 29.9 Å². The van der Waals surface area contributed by atoms with E-state index < -0.39 is 29.2 Å². The third kappa shape index (κ3) is 9.99. The van der Waals surface area contributed by atoms with Gasteiger partial charge in [0.1, 0.15) is 65.1 Å². The number of likely N-dealkylation sites (tertiary alicyclic amines) is 2. The second-order valence-corrected chi connectivity index (χ2v) is 24.9. The lowest BCUT2D eigenvalue weighted by molar-refractivity contribution is -0.135. The van der Waals surface area contributed by atoms with Gasteiger partial charge in [0.05, 0.1) is 34.1 Å². The van der Waals surface area contributed by atoms with Crippen LogP contribution < -0.4 is 25.4 Å². The lowest BCUT2D eigenvalue weighted by Gasteiger charge is -2.42. The summed E-state index contributed by atoms with van der Waals surface area (Å²) in [4.78, 5) is 90.0. The van der Waals surface area contributed by atoms with Gasteiger partial charge < -0.3 is 33.6 Å². The minimum absolute atomic E-state index is 0.00618. The maximum atomic E-state index is 17.5. The van der Waals surface area contributed by atoms with Gasteiger partial charge in [-0.2, -0.15) is 9.97 Å². The Bertz CT molecular complexity index is 3740. The number of nitrogens with zero attached hydrogens (tertiary/aromatic N) is 10. The van der Waals surface area contributed by atoms with Crippen molar-refractivity contribution in [3.8, 4) is 35.4 Å². The highest BCUT2D eigenvalue weighted by Crippen LogP contribution is 2.44. The molecule has 2 bridgehead atoms. The molecule has 3 aromatic carbocycles. The van der Waals surface area contributed by atoms with Crippen LogP contribution in [0.15, 0.2) is 59.5 Å². The molecule has 3 unspecified atom stereocenters. The number of piperidine rings is 2. The van der Waals surface area contributed by atoms with Crippen LogP contribution >= 0.6 is 0 Å². The molecule has 7 aliphatic heterocycles. The number of fused-ring (bicyclic) bond motifs is 6. The Morgan fingerprint density at radius 1 is 0.893 bits per heavy atom. The normalized spacial score (nSPS) is 24.2. The molecule has 5 atom stereocenters. The third-order valence-corrected chi connectivity index (χ3v) is 18.5. The first-order chi connectivity index (χ1) is 40.4. The van der Waals surface area contributed by atoms with Crippen molar-refractivity contribution < 1.29 is 46.9 Å². The van der Waals surface area contributed by atoms with Crippen LogP contribution in [-0.2, 0) is 26.1 Å². The second-order valence-electron chi connectivity index (χ2n) is 24.9. The summed E-state index contributed by atoms with van der Waals surface area (Å²) in [5.74, 6) is 1.64. The van der Waals surface area contributed by atoms with Gasteiger partial charge in [0.2, 0.25) is 11.8 Å². The number of pyridine rings is 1. The lowest BCUT2D eigenvalue weighted by atomic mass is 9.95. The van der Waals surface area contributed by atoms with Gasteiger partial charge in [0.15, 0.2) is 5.82 Å². The predicted molar refractivity (Wildman–Crippen MR) is 308 cm³/mol. The summed E-state index contributed by atoms with van der Waals surface area (Å²) in [7, 11) is 1.67. The van der Waals surface area contributed by atoms with Crippen LogP contribution in [0.5, 0.6) is 11.8 Å². The fourth-order valence-corrected chi connectivity index (χ4v) is 14.5. The van der Waals surface area contributed by atoms with Crippen molar-refractivity contribution in [2.24, 2.45) is 13.0 Å². The van der Waals surface area contributed by atoms with E-state index in [0.29, 0.717) is 76.4 Å². The molecule has 3 aromatic heterocycles. The van der Waals surface area contributed by atoms with Crippen molar-refractivity contribution in [3.05, 3.63) is 82.4 Å². The first-order valence-electron chi connectivity index (χ1n) is 29.5. The van der Waals surface area contributed by atoms with Crippen LogP contribution in [0.4, 0.5) is 24.2 Å². The fourth-order valence-electron chi connectivity index (χ4n) is 14.5. The molecule has 7 fully saturated rings. The Morgan fingerprint density at radius 2 is 1.67 bits per heavy atom. The highest BCUT2D eigenvalue weighted by atomic mass is 19.1. The number of imide groups is 1. The maximum Gasteiger partial charge on any atom is 0.410 e. The molecule has 84 heavy (non-hydrogen) atoms. The second kappa shape index (κ2) is 21.6. The summed E-state index contributed by atoms with van der Waals surface area (Å²) in [6.07, 6.45) is 13.5. The van der Waals surface area contributed by atoms with Crippen LogP contribution in [0.3, 0.4) is 0 Å². The van der Waals surface area contributed by atoms with Gasteiger partial charge >= 0.3 is 23.9 Å². The maximum absolute atomic E-state index is 17.5. The summed E-state index contributed by atoms with van der Waals surface area (Å²) in [5.41, 5.74) is 0.0949. The van der Waals surface area contributed by atoms with E-state index in [1.165, 1.54) is 15.2 Å². The molecule has 1 N–H and O–H groups in total. The van der Waals surface area contributed by atoms with Gasteiger partial charge in [0, 0.05) is 88.4 Å². The first-order valence-corrected chi connectivity index (χ1v) is 29.5. The number of terminal acetylenes is 1. The number of nitrogens with one attached hydrogen (secondary N) is 1. The molecule has 4 amide bonds. The van der Waals surface area contributed by atoms with Crippen LogP contribution in [-0.4, -0.2) is 169 Å². The van der Waals surface area contributed by atoms with E-state index in [1.54, 1.807) is 48.5 Å². The molecule has 13 rings (SSSR count). The van der Waals surface area contributed by atoms with E-state index in [9.17, 15) is 24.0 Å². The standard InChI is InChI=1S/C62H69F2N11O9/c1-6-42-45(63)17-14-37-10-7-11-43(50(37)42)52-51(64)53-44(28-65-52)55(71-32-38-15-16-39(33-71)74(38)60(80)84-61(2,3)4)68-57(67-53)82-35-62-23-9-25-73(62)40(20-24-62)34-81-59(79)72-30-36(31-72)29-70-26-21-41(22-27-70)83-48-13-8-12-46-54(48)69(5)58(78)75(46)47-18-19-49(76)66-56(47)77/h1,7-8,10-14,17,28,36,38-41,47H,9,15-16,18-27,29-35H2,2-5H3,(H,66,76,77)/t38?,39?,40-,47?,62-/m0/s1. The summed E-state index contributed by atoms with van der Waals surface area (Å²) in [6, 6.07) is 12.5. The van der Waals surface area contributed by atoms with Gasteiger partial charge in [-0.3, -0.25) is 38.8 Å². The van der Waals surface area contributed by atoms with Gasteiger partial charge in [0.25, 0.3) is 0 Å². The number of para-hydroxylation sites is 1. The number of halogens is 2. The molecule has 10 heterocycles. The first kappa shape index (κ1) is 55.3. The monoisotopic (exact) mass is 1150 g/mol. The predicted octanol–water partition coefficient (Wildman–Crippen LogP) is 7.31. The van der Waals surface area contributed by atoms with Gasteiger partial charge in [-0.05, 0) is 109 Å². The number of piperazine rings is 1. The number of hydrogen-bond donors (Lipinski definition) is 1. The van der Waals surface area contributed by atoms with E-state index in [0.717, 1.165) is 77.5 Å². The number of carbonyl (C=O) groups excluding carboxylic acids is 4. The minimum atomic E-state index is -0.775. The summed E-state index contributed by atoms with van der Waals surface area (Å²) in [6.45, 7) is 11.4. The minimum Gasteiger partial charge on any atom is -0.488 e. The molecule has 22 heteroatoms. The van der Waals surface area contributed by atoms with Crippen molar-refractivity contribution in [1.29, 1.82) is 0 Å². The largest absolute Gasteiger partial charge is 0.488 e. The van der Waals surface area contributed by atoms with Gasteiger partial charge in [-0.1, -0.05) is 36.3 Å². The average molecular weight is 1150 g/mol. The molecule has 440 valence electrons. The van der Waals surface area contributed by atoms with Crippen LogP contribution in [0.1, 0.15) is 96.6 Å². The molecule has 0 spiro atoms. The number of aromatic nitrogens is 5. The summed E-state index contributed by atoms with van der Waals surface area (Å²) < 4.78 is 60.7. The Labute approximate surface area is 484 Å². The molecule has 0 saturated carbocycles. The van der Waals surface area contributed by atoms with Crippen LogP contribution in [0.2, 0.25) is 0 Å². The topological polar surface area (TPSA) is 199 Å². The quantitative estimate of drug-likeness (QED) is 0.0945. The van der Waals surface area contributed by atoms with E-state index in [1.807, 2.05) is 37.8 Å². The zero-order chi connectivity index (χ0) is 58.3. The number of benzene rings is 3. The number of amides is 4. The molecule has 0 radical (unpaired) electrons. The number of carbonyl (C=O) groups is 4. The Morgan fingerprint density at radius 3 is 2.42 bits per heavy atom. The number of ether oxygens (including phenoxy) is 4. The zero-order valence-corrected chi connectivity index (χ0v) is 47.8. The van der Waals surface area contributed by atoms with E-state index in [-0.39, 0.29) is 102 Å². The average Bonchev–Trinajstić information content (AvgIpc) is 1.69. The Kier molecular flexibility index (Phi) is 14.2. The molecular weight excluding hydrogens is 1080 g/mol. The molecule has 20 nitrogen and oxygen atoms in total. The van der Waals surface area contributed by atoms with E-state index >= 15 is 8.78 Å².